The highest BCUT2D eigenvalue weighted by molar-refractivity contribution is 5.86. The molecule has 3 aliphatic rings. The first kappa shape index (κ1) is 12.9. The van der Waals surface area contributed by atoms with Crippen molar-refractivity contribution in [3.8, 4) is 6.07 Å². The Balaban J connectivity index is 1.77. The number of nitriles is 1. The van der Waals surface area contributed by atoms with Crippen LogP contribution >= 0.6 is 0 Å². The van der Waals surface area contributed by atoms with Crippen LogP contribution in [-0.2, 0) is 4.79 Å². The SMILES string of the molecule is CC1CN2CCCC2CN1C(=O)C1(C#N)CCCC1. The van der Waals surface area contributed by atoms with Crippen LogP contribution in [0.3, 0.4) is 0 Å². The lowest BCUT2D eigenvalue weighted by Gasteiger charge is -2.44. The summed E-state index contributed by atoms with van der Waals surface area (Å²) in [5, 5.41) is 9.48. The third-order valence-electron chi connectivity index (χ3n) is 5.28. The second-order valence-electron chi connectivity index (χ2n) is 6.50. The van der Waals surface area contributed by atoms with Gasteiger partial charge in [0, 0.05) is 25.2 Å². The number of carbonyl (C=O) groups excluding carboxylic acids is 1. The molecular formula is C15H23N3O. The molecular weight excluding hydrogens is 238 g/mol. The lowest BCUT2D eigenvalue weighted by Crippen LogP contribution is -2.59. The molecule has 104 valence electrons. The van der Waals surface area contributed by atoms with Gasteiger partial charge in [0.2, 0.25) is 5.91 Å². The molecule has 1 amide bonds. The van der Waals surface area contributed by atoms with Gasteiger partial charge in [-0.1, -0.05) is 12.8 Å². The van der Waals surface area contributed by atoms with Crippen molar-refractivity contribution in [2.24, 2.45) is 5.41 Å². The number of carbonyl (C=O) groups is 1. The van der Waals surface area contributed by atoms with Crippen molar-refractivity contribution < 1.29 is 4.79 Å². The number of nitrogens with zero attached hydrogens (tertiary/aromatic N) is 3. The maximum absolute atomic E-state index is 12.8. The molecule has 3 rings (SSSR count). The van der Waals surface area contributed by atoms with Gasteiger partial charge in [-0.2, -0.15) is 5.26 Å². The standard InChI is InChI=1S/C15H23N3O/c1-12-9-17-8-4-5-13(17)10-18(12)14(19)15(11-16)6-2-3-7-15/h12-13H,2-10H2,1H3. The fraction of sp³-hybridized carbons (Fsp3) is 0.867. The smallest absolute Gasteiger partial charge is 0.243 e. The summed E-state index contributed by atoms with van der Waals surface area (Å²) in [6.45, 7) is 5.13. The van der Waals surface area contributed by atoms with E-state index in [9.17, 15) is 10.1 Å². The van der Waals surface area contributed by atoms with Crippen LogP contribution in [0.15, 0.2) is 0 Å². The van der Waals surface area contributed by atoms with Gasteiger partial charge < -0.3 is 4.90 Å². The van der Waals surface area contributed by atoms with Crippen LogP contribution < -0.4 is 0 Å². The molecule has 0 aromatic rings. The molecule has 0 aromatic carbocycles. The van der Waals surface area contributed by atoms with E-state index < -0.39 is 5.41 Å². The predicted molar refractivity (Wildman–Crippen MR) is 72.3 cm³/mol. The van der Waals surface area contributed by atoms with Gasteiger partial charge in [-0.05, 0) is 39.2 Å². The average molecular weight is 261 g/mol. The maximum atomic E-state index is 12.8. The van der Waals surface area contributed by atoms with E-state index in [1.165, 1.54) is 19.4 Å². The Morgan fingerprint density at radius 3 is 2.68 bits per heavy atom. The van der Waals surface area contributed by atoms with Crippen LogP contribution in [0.1, 0.15) is 45.4 Å². The van der Waals surface area contributed by atoms with Crippen LogP contribution in [0.5, 0.6) is 0 Å². The zero-order chi connectivity index (χ0) is 13.5. The summed E-state index contributed by atoms with van der Waals surface area (Å²) in [4.78, 5) is 17.4. The Hall–Kier alpha value is -1.08. The highest BCUT2D eigenvalue weighted by Gasteiger charge is 2.47. The predicted octanol–water partition coefficient (Wildman–Crippen LogP) is 1.77. The highest BCUT2D eigenvalue weighted by Crippen LogP contribution is 2.40. The molecule has 1 saturated carbocycles. The van der Waals surface area contributed by atoms with Crippen molar-refractivity contribution >= 4 is 5.91 Å². The molecule has 1 aliphatic carbocycles. The van der Waals surface area contributed by atoms with Gasteiger partial charge in [0.25, 0.3) is 0 Å². The van der Waals surface area contributed by atoms with Crippen LogP contribution in [0.2, 0.25) is 0 Å². The van der Waals surface area contributed by atoms with E-state index in [2.05, 4.69) is 17.9 Å². The number of hydrogen-bond donors (Lipinski definition) is 0. The molecule has 2 saturated heterocycles. The molecule has 19 heavy (non-hydrogen) atoms. The Morgan fingerprint density at radius 2 is 2.00 bits per heavy atom. The second kappa shape index (κ2) is 4.79. The van der Waals surface area contributed by atoms with Gasteiger partial charge in [-0.15, -0.1) is 0 Å². The molecule has 0 bridgehead atoms. The molecule has 3 fully saturated rings. The third kappa shape index (κ3) is 2.04. The molecule has 0 radical (unpaired) electrons. The Kier molecular flexibility index (Phi) is 3.26. The molecule has 0 N–H and O–H groups in total. The van der Waals surface area contributed by atoms with Gasteiger partial charge in [0.15, 0.2) is 0 Å². The van der Waals surface area contributed by atoms with Crippen molar-refractivity contribution in [1.82, 2.24) is 9.80 Å². The summed E-state index contributed by atoms with van der Waals surface area (Å²) in [6.07, 6.45) is 6.03. The highest BCUT2D eigenvalue weighted by atomic mass is 16.2. The van der Waals surface area contributed by atoms with Crippen LogP contribution in [0.4, 0.5) is 0 Å². The first-order valence-corrected chi connectivity index (χ1v) is 7.63. The van der Waals surface area contributed by atoms with E-state index in [0.29, 0.717) is 6.04 Å². The number of rotatable bonds is 1. The third-order valence-corrected chi connectivity index (χ3v) is 5.28. The molecule has 4 nitrogen and oxygen atoms in total. The van der Waals surface area contributed by atoms with Crippen molar-refractivity contribution in [2.45, 2.75) is 57.5 Å². The van der Waals surface area contributed by atoms with E-state index in [-0.39, 0.29) is 11.9 Å². The second-order valence-corrected chi connectivity index (χ2v) is 6.50. The topological polar surface area (TPSA) is 47.3 Å². The number of amides is 1. The Morgan fingerprint density at radius 1 is 1.26 bits per heavy atom. The fourth-order valence-electron chi connectivity index (χ4n) is 4.10. The van der Waals surface area contributed by atoms with Gasteiger partial charge >= 0.3 is 0 Å². The molecule has 2 heterocycles. The first-order valence-electron chi connectivity index (χ1n) is 7.63. The van der Waals surface area contributed by atoms with E-state index in [4.69, 9.17) is 0 Å². The molecule has 2 aliphatic heterocycles. The molecule has 4 heteroatoms. The number of piperazine rings is 1. The van der Waals surface area contributed by atoms with Crippen LogP contribution in [0, 0.1) is 16.7 Å². The fourth-order valence-corrected chi connectivity index (χ4v) is 4.10. The Labute approximate surface area is 115 Å². The van der Waals surface area contributed by atoms with Crippen molar-refractivity contribution in [2.75, 3.05) is 19.6 Å². The summed E-state index contributed by atoms with van der Waals surface area (Å²) < 4.78 is 0. The summed E-state index contributed by atoms with van der Waals surface area (Å²) in [5.41, 5.74) is -0.699. The molecule has 0 aromatic heterocycles. The van der Waals surface area contributed by atoms with E-state index in [1.807, 2.05) is 4.90 Å². The summed E-state index contributed by atoms with van der Waals surface area (Å²) >= 11 is 0. The van der Waals surface area contributed by atoms with Gasteiger partial charge in [0.1, 0.15) is 5.41 Å². The van der Waals surface area contributed by atoms with Crippen molar-refractivity contribution in [3.63, 3.8) is 0 Å². The van der Waals surface area contributed by atoms with Crippen molar-refractivity contribution in [3.05, 3.63) is 0 Å². The molecule has 2 unspecified atom stereocenters. The van der Waals surface area contributed by atoms with Gasteiger partial charge in [0.05, 0.1) is 6.07 Å². The summed E-state index contributed by atoms with van der Waals surface area (Å²) in [6, 6.07) is 3.15. The van der Waals surface area contributed by atoms with E-state index in [0.717, 1.165) is 38.8 Å². The summed E-state index contributed by atoms with van der Waals surface area (Å²) in [7, 11) is 0. The lowest BCUT2D eigenvalue weighted by atomic mass is 9.85. The van der Waals surface area contributed by atoms with E-state index in [1.54, 1.807) is 0 Å². The molecule has 0 spiro atoms. The Bertz CT molecular complexity index is 408. The summed E-state index contributed by atoms with van der Waals surface area (Å²) in [5.74, 6) is 0.117. The van der Waals surface area contributed by atoms with Crippen LogP contribution in [0.25, 0.3) is 0 Å². The number of hydrogen-bond acceptors (Lipinski definition) is 3. The zero-order valence-electron chi connectivity index (χ0n) is 11.8. The number of fused-ring (bicyclic) bond motifs is 1. The normalized spacial score (nSPS) is 34.0. The minimum Gasteiger partial charge on any atom is -0.336 e. The van der Waals surface area contributed by atoms with E-state index >= 15 is 0 Å². The van der Waals surface area contributed by atoms with Gasteiger partial charge in [-0.25, -0.2) is 0 Å². The van der Waals surface area contributed by atoms with Crippen LogP contribution in [-0.4, -0.2) is 47.4 Å². The minimum absolute atomic E-state index is 0.117. The minimum atomic E-state index is -0.699. The average Bonchev–Trinajstić information content (AvgIpc) is 3.06. The maximum Gasteiger partial charge on any atom is 0.243 e. The largest absolute Gasteiger partial charge is 0.336 e. The zero-order valence-corrected chi connectivity index (χ0v) is 11.8. The van der Waals surface area contributed by atoms with Crippen molar-refractivity contribution in [1.29, 1.82) is 5.26 Å². The van der Waals surface area contributed by atoms with Gasteiger partial charge in [-0.3, -0.25) is 9.69 Å². The lowest BCUT2D eigenvalue weighted by molar-refractivity contribution is -0.144. The monoisotopic (exact) mass is 261 g/mol. The first-order chi connectivity index (χ1) is 9.16. The quantitative estimate of drug-likeness (QED) is 0.722. The molecule has 2 atom stereocenters.